The third-order valence-electron chi connectivity index (χ3n) is 19.2. The highest BCUT2D eigenvalue weighted by Crippen LogP contribution is 2.42. The molecule has 47 nitrogen and oxygen atoms in total. The number of aliphatic hydroxyl groups excluding tert-OH is 22. The molecule has 8 heterocycles. The molecule has 27 N–H and O–H groups in total. The van der Waals surface area contributed by atoms with Crippen molar-refractivity contribution in [2.24, 2.45) is 0 Å². The van der Waals surface area contributed by atoms with Gasteiger partial charge in [-0.1, -0.05) is 0 Å². The number of carboxylic acids is 1. The molecule has 47 heteroatoms. The maximum absolute atomic E-state index is 13.6. The minimum Gasteiger partial charge on any atom is -0.477 e. The molecule has 8 aliphatic heterocycles. The molecule has 0 bridgehead atoms. The van der Waals surface area contributed by atoms with Crippen LogP contribution >= 0.6 is 0 Å². The van der Waals surface area contributed by atoms with Crippen LogP contribution in [-0.4, -0.2) is 444 Å². The summed E-state index contributed by atoms with van der Waals surface area (Å²) in [4.78, 5) is 64.7. The van der Waals surface area contributed by atoms with Crippen molar-refractivity contribution in [1.82, 2.24) is 21.3 Å². The number of nitrogens with one attached hydrogen (secondary N) is 4. The molecule has 1 unspecified atom stereocenters. The molecule has 612 valence electrons. The zero-order chi connectivity index (χ0) is 78.6. The first-order valence-corrected chi connectivity index (χ1v) is 33.6. The summed E-state index contributed by atoms with van der Waals surface area (Å²) < 4.78 is 89.1. The lowest BCUT2D eigenvalue weighted by Gasteiger charge is -2.52. The van der Waals surface area contributed by atoms with Crippen LogP contribution in [0.4, 0.5) is 0 Å². The molecule has 0 aromatic rings. The highest BCUT2D eigenvalue weighted by molar-refractivity contribution is 5.76. The molecule has 0 aliphatic carbocycles. The molecule has 8 aliphatic rings. The van der Waals surface area contributed by atoms with Gasteiger partial charge in [-0.05, 0) is 6.92 Å². The molecule has 8 saturated heterocycles. The highest BCUT2D eigenvalue weighted by Gasteiger charge is 2.63. The molecule has 0 saturated carbocycles. The predicted molar refractivity (Wildman–Crippen MR) is 327 cm³/mol. The van der Waals surface area contributed by atoms with E-state index in [4.69, 9.17) is 71.1 Å². The van der Waals surface area contributed by atoms with Gasteiger partial charge in [0, 0.05) is 34.1 Å². The van der Waals surface area contributed by atoms with Gasteiger partial charge in [-0.2, -0.15) is 0 Å². The highest BCUT2D eigenvalue weighted by atomic mass is 16.8. The number of amides is 4. The minimum absolute atomic E-state index is 0.821. The molecule has 106 heavy (non-hydrogen) atoms. The number of hydrogen-bond donors (Lipinski definition) is 27. The average Bonchev–Trinajstić information content (AvgIpc) is 0.762. The molecular formula is C59H98N4O43. The Labute approximate surface area is 600 Å². The number of rotatable bonds is 28. The monoisotopic (exact) mass is 1550 g/mol. The van der Waals surface area contributed by atoms with Crippen LogP contribution in [0.3, 0.4) is 0 Å². The Morgan fingerprint density at radius 3 is 1.31 bits per heavy atom. The van der Waals surface area contributed by atoms with Crippen molar-refractivity contribution in [3.05, 3.63) is 0 Å². The van der Waals surface area contributed by atoms with E-state index in [1.165, 1.54) is 6.92 Å². The van der Waals surface area contributed by atoms with Gasteiger partial charge in [0.05, 0.1) is 58.5 Å². The summed E-state index contributed by atoms with van der Waals surface area (Å²) in [6.07, 6.45) is -77.1. The van der Waals surface area contributed by atoms with Crippen molar-refractivity contribution in [3.8, 4) is 0 Å². The number of ether oxygens (including phenoxy) is 15. The van der Waals surface area contributed by atoms with Gasteiger partial charge in [-0.3, -0.25) is 19.2 Å². The fourth-order valence-electron chi connectivity index (χ4n) is 13.6. The van der Waals surface area contributed by atoms with Crippen LogP contribution < -0.4 is 21.3 Å². The van der Waals surface area contributed by atoms with Gasteiger partial charge in [0.1, 0.15) is 189 Å². The summed E-state index contributed by atoms with van der Waals surface area (Å²) in [6, 6.07) is -7.29. The largest absolute Gasteiger partial charge is 0.477 e. The van der Waals surface area contributed by atoms with Crippen molar-refractivity contribution in [3.63, 3.8) is 0 Å². The van der Waals surface area contributed by atoms with E-state index in [1.54, 1.807) is 0 Å². The zero-order valence-electron chi connectivity index (χ0n) is 57.2. The van der Waals surface area contributed by atoms with Crippen LogP contribution in [0.2, 0.25) is 0 Å². The van der Waals surface area contributed by atoms with Crippen LogP contribution in [0.15, 0.2) is 0 Å². The van der Waals surface area contributed by atoms with Crippen LogP contribution in [0.1, 0.15) is 41.0 Å². The Morgan fingerprint density at radius 2 is 0.821 bits per heavy atom. The van der Waals surface area contributed by atoms with E-state index in [2.05, 4.69) is 21.3 Å². The molecule has 41 atom stereocenters. The van der Waals surface area contributed by atoms with E-state index in [1.807, 2.05) is 0 Å². The smallest absolute Gasteiger partial charge is 0.364 e. The van der Waals surface area contributed by atoms with Gasteiger partial charge in [-0.15, -0.1) is 0 Å². The molecular weight excluding hydrogens is 1450 g/mol. The fraction of sp³-hybridized carbons (Fsp3) is 0.915. The van der Waals surface area contributed by atoms with Crippen LogP contribution in [0, 0.1) is 0 Å². The lowest BCUT2D eigenvalue weighted by molar-refractivity contribution is -0.407. The predicted octanol–water partition coefficient (Wildman–Crippen LogP) is -17.6. The van der Waals surface area contributed by atoms with Gasteiger partial charge in [0.2, 0.25) is 23.6 Å². The molecule has 8 rings (SSSR count). The van der Waals surface area contributed by atoms with Crippen LogP contribution in [0.25, 0.3) is 0 Å². The topological polar surface area (TPSA) is 737 Å². The normalized spacial score (nSPS) is 47.2. The lowest BCUT2D eigenvalue weighted by atomic mass is 9.90. The van der Waals surface area contributed by atoms with E-state index in [9.17, 15) is 141 Å². The summed E-state index contributed by atoms with van der Waals surface area (Å²) in [5, 5.41) is 263. The van der Waals surface area contributed by atoms with Crippen molar-refractivity contribution >= 4 is 29.6 Å². The number of carbonyl (C=O) groups is 5. The number of aliphatic hydroxyl groups is 22. The average molecular weight is 1550 g/mol. The Bertz CT molecular complexity index is 2850. The molecule has 0 radical (unpaired) electrons. The fourth-order valence-corrected chi connectivity index (χ4v) is 13.6. The van der Waals surface area contributed by atoms with Crippen molar-refractivity contribution in [2.75, 3.05) is 46.2 Å². The van der Waals surface area contributed by atoms with E-state index in [0.29, 0.717) is 0 Å². The second-order valence-corrected chi connectivity index (χ2v) is 26.8. The summed E-state index contributed by atoms with van der Waals surface area (Å²) in [6.45, 7) is -2.84. The number of hydrogen-bond acceptors (Lipinski definition) is 42. The number of aliphatic carboxylic acids is 1. The van der Waals surface area contributed by atoms with Crippen LogP contribution in [0.5, 0.6) is 0 Å². The van der Waals surface area contributed by atoms with Crippen molar-refractivity contribution in [2.45, 2.75) is 292 Å². The molecule has 4 amide bonds. The van der Waals surface area contributed by atoms with E-state index in [-0.39, 0.29) is 0 Å². The summed E-state index contributed by atoms with van der Waals surface area (Å²) in [5.74, 6) is -9.35. The Balaban J connectivity index is 1.13. The maximum Gasteiger partial charge on any atom is 0.364 e. The first-order valence-electron chi connectivity index (χ1n) is 33.6. The lowest BCUT2D eigenvalue weighted by Crippen LogP contribution is -2.71. The second kappa shape index (κ2) is 37.5. The Morgan fingerprint density at radius 1 is 0.406 bits per heavy atom. The van der Waals surface area contributed by atoms with Crippen molar-refractivity contribution in [1.29, 1.82) is 0 Å². The van der Waals surface area contributed by atoms with Gasteiger partial charge >= 0.3 is 5.97 Å². The van der Waals surface area contributed by atoms with Crippen molar-refractivity contribution < 1.29 is 212 Å². The molecule has 0 aromatic heterocycles. The zero-order valence-corrected chi connectivity index (χ0v) is 57.2. The van der Waals surface area contributed by atoms with Gasteiger partial charge in [0.15, 0.2) is 44.0 Å². The maximum atomic E-state index is 13.6. The SMILES string of the molecule is CC(=O)N[C@H]1[C@H](O[C@@H]2[C@@H](NC(C)=O)[C@H](OC[C@H]3OC(O)[C@H](NC(C)=O)[C@@H](O[C@@H]4O[C@H](CO)[C@H](O[C@@H]5O[C@H](CO)[C@H](O[C@H]6O[C@H](CO)[C@@H](O)[C@H](O)[C@H]6NC(C)=O)[C@H](O)[C@H]5O)[C@H](O[C@]5(C(=O)O)C[C@H](O)[C@@H](O)[C@H]([C@H](O)[C@H](O)CO)O5)[C@H]4O)[C@H]3O)O[C@H](CO)[C@H]2O[C@@H]2O[C@@H](C)[C@@H](O)[C@@H](O)[C@@H]2O)O[C@H](CO)[C@@H](O)[C@@H]1O. The number of carboxylic acid groups (broad SMARTS) is 1. The third-order valence-corrected chi connectivity index (χ3v) is 19.2. The standard InChI is InChI=1S/C59H98N4O43/c1-14-31(76)39(84)41(86)55(93-14)101-45-24(11-68)97-52(30(63-18(5)73)48(45)104-54-28(61-16(3)71)38(83)35(80)22(9-66)96-54)92-13-26-36(81)47(29(51(89)94-26)62-17(4)72)103-57-43(88)50(106-59(58(90)91)6-19(74)32(77)49(105-59)33(78)20(75)7-64)46(25(12-69)99-57)102-56-42(87)40(85)44(23(10-67)98-56)100-53-27(60-15(2)70)37(82)34(79)21(8-65)95-53/h14,19-57,64-69,74-89H,6-13H2,1-5H3,(H,60,70)(H,61,71)(H,62,72)(H,63,73)(H,90,91)/t14-,19-,20+,21+,22+,23+,24+,25+,26+,27+,28+,29+,30+,31+,32+,33+,34+,35+,36-,37+,38+,39+,40+,41-,42+,43+,44-,45+,46-,47+,48+,49+,50+,51?,52+,53+,54-,55-,56-,57-,59-/m0/s1. The molecule has 8 fully saturated rings. The first kappa shape index (κ1) is 87.4. The summed E-state index contributed by atoms with van der Waals surface area (Å²) in [7, 11) is 0. The van der Waals surface area contributed by atoms with Gasteiger partial charge in [0.25, 0.3) is 5.79 Å². The number of carbonyl (C=O) groups excluding carboxylic acids is 4. The quantitative estimate of drug-likeness (QED) is 0.0346. The van der Waals surface area contributed by atoms with Crippen LogP contribution in [-0.2, 0) is 95.0 Å². The second-order valence-electron chi connectivity index (χ2n) is 26.8. The molecule has 0 aromatic carbocycles. The van der Waals surface area contributed by atoms with Gasteiger partial charge in [-0.25, -0.2) is 4.79 Å². The summed E-state index contributed by atoms with van der Waals surface area (Å²) >= 11 is 0. The first-order chi connectivity index (χ1) is 49.9. The summed E-state index contributed by atoms with van der Waals surface area (Å²) in [5.41, 5.74) is 0. The third kappa shape index (κ3) is 19.1. The van der Waals surface area contributed by atoms with Gasteiger partial charge < -0.3 is 210 Å². The Hall–Kier alpha value is -4.13. The van der Waals surface area contributed by atoms with E-state index >= 15 is 0 Å². The molecule has 0 spiro atoms. The van der Waals surface area contributed by atoms with E-state index < -0.39 is 333 Å². The minimum atomic E-state index is -3.50. The van der Waals surface area contributed by atoms with E-state index in [0.717, 1.165) is 27.7 Å². The Kier molecular flexibility index (Phi) is 30.9.